The number of ketones is 1. The predicted molar refractivity (Wildman–Crippen MR) is 77.8 cm³/mol. The van der Waals surface area contributed by atoms with E-state index in [2.05, 4.69) is 0 Å². The molecule has 4 heteroatoms. The summed E-state index contributed by atoms with van der Waals surface area (Å²) in [6, 6.07) is 9.42. The third-order valence-corrected chi connectivity index (χ3v) is 4.25. The summed E-state index contributed by atoms with van der Waals surface area (Å²) >= 11 is 5.53. The smallest absolute Gasteiger partial charge is 0.173 e. The molecule has 0 fully saturated rings. The second-order valence-corrected chi connectivity index (χ2v) is 5.66. The first-order valence-electron chi connectivity index (χ1n) is 6.84. The van der Waals surface area contributed by atoms with Gasteiger partial charge in [0, 0.05) is 5.92 Å². The maximum Gasteiger partial charge on any atom is 0.173 e. The van der Waals surface area contributed by atoms with E-state index in [4.69, 9.17) is 11.6 Å². The number of Topliss-reactive ketones (excluding diaryl/α,β-unsaturated/α-hetero) is 1. The minimum absolute atomic E-state index is 0.224. The van der Waals surface area contributed by atoms with Crippen molar-refractivity contribution in [1.29, 1.82) is 0 Å². The number of halogens is 3. The van der Waals surface area contributed by atoms with Gasteiger partial charge in [-0.25, -0.2) is 8.78 Å². The van der Waals surface area contributed by atoms with E-state index in [0.717, 1.165) is 36.1 Å². The summed E-state index contributed by atoms with van der Waals surface area (Å²) in [5.74, 6) is -2.33. The highest BCUT2D eigenvalue weighted by atomic mass is 35.5. The maximum atomic E-state index is 13.9. The van der Waals surface area contributed by atoms with E-state index in [1.54, 1.807) is 0 Å². The lowest BCUT2D eigenvalue weighted by molar-refractivity contribution is 0.0946. The summed E-state index contributed by atoms with van der Waals surface area (Å²) < 4.78 is 27.5. The molecular formula is C17H13ClF2O. The minimum Gasteiger partial charge on any atom is -0.293 e. The molecule has 0 aromatic heterocycles. The zero-order chi connectivity index (χ0) is 15.0. The van der Waals surface area contributed by atoms with Gasteiger partial charge in [-0.2, -0.15) is 0 Å². The number of carbonyl (C=O) groups is 1. The summed E-state index contributed by atoms with van der Waals surface area (Å²) in [5, 5.41) is -0.312. The zero-order valence-corrected chi connectivity index (χ0v) is 12.0. The van der Waals surface area contributed by atoms with Gasteiger partial charge in [-0.15, -0.1) is 0 Å². The van der Waals surface area contributed by atoms with Gasteiger partial charge in [-0.1, -0.05) is 35.9 Å². The first-order valence-corrected chi connectivity index (χ1v) is 7.22. The van der Waals surface area contributed by atoms with Crippen LogP contribution < -0.4 is 0 Å². The SMILES string of the molecule is O=C(c1cc(F)c(Cl)cc1F)C1CCCc2ccccc21. The van der Waals surface area contributed by atoms with Gasteiger partial charge in [0.05, 0.1) is 10.6 Å². The van der Waals surface area contributed by atoms with Crippen LogP contribution in [0.1, 0.15) is 40.2 Å². The van der Waals surface area contributed by atoms with Gasteiger partial charge in [-0.3, -0.25) is 4.79 Å². The van der Waals surface area contributed by atoms with Crippen molar-refractivity contribution in [3.63, 3.8) is 0 Å². The van der Waals surface area contributed by atoms with Crippen LogP contribution in [0.5, 0.6) is 0 Å². The van der Waals surface area contributed by atoms with Crippen LogP contribution in [-0.2, 0) is 6.42 Å². The standard InChI is InChI=1S/C17H13ClF2O/c18-14-9-15(19)13(8-16(14)20)17(21)12-7-3-5-10-4-1-2-6-11(10)12/h1-2,4,6,8-9,12H,3,5,7H2. The molecule has 2 aromatic rings. The van der Waals surface area contributed by atoms with Crippen LogP contribution >= 0.6 is 11.6 Å². The Balaban J connectivity index is 2.03. The molecule has 1 nitrogen and oxygen atoms in total. The van der Waals surface area contributed by atoms with Crippen LogP contribution in [0.3, 0.4) is 0 Å². The molecule has 1 aliphatic carbocycles. The summed E-state index contributed by atoms with van der Waals surface area (Å²) in [6.45, 7) is 0. The van der Waals surface area contributed by atoms with Gasteiger partial charge in [0.2, 0.25) is 0 Å². The Labute approximate surface area is 126 Å². The molecule has 0 heterocycles. The van der Waals surface area contributed by atoms with E-state index in [-0.39, 0.29) is 16.4 Å². The van der Waals surface area contributed by atoms with Crippen LogP contribution in [0, 0.1) is 11.6 Å². The van der Waals surface area contributed by atoms with Gasteiger partial charge in [0.1, 0.15) is 11.6 Å². The molecule has 1 unspecified atom stereocenters. The molecule has 0 N–H and O–H groups in total. The van der Waals surface area contributed by atoms with Gasteiger partial charge in [0.15, 0.2) is 5.78 Å². The summed E-state index contributed by atoms with van der Waals surface area (Å²) in [4.78, 5) is 12.6. The van der Waals surface area contributed by atoms with Crippen molar-refractivity contribution in [2.75, 3.05) is 0 Å². The number of carbonyl (C=O) groups excluding carboxylic acids is 1. The summed E-state index contributed by atoms with van der Waals surface area (Å²) in [5.41, 5.74) is 1.80. The van der Waals surface area contributed by atoms with E-state index in [0.29, 0.717) is 6.42 Å². The Morgan fingerprint density at radius 1 is 1.14 bits per heavy atom. The maximum absolute atomic E-state index is 13.9. The van der Waals surface area contributed by atoms with Crippen molar-refractivity contribution in [1.82, 2.24) is 0 Å². The van der Waals surface area contributed by atoms with Crippen molar-refractivity contribution in [2.45, 2.75) is 25.2 Å². The number of fused-ring (bicyclic) bond motifs is 1. The average molecular weight is 307 g/mol. The molecule has 0 spiro atoms. The lowest BCUT2D eigenvalue weighted by atomic mass is 9.79. The molecule has 0 aliphatic heterocycles. The molecule has 0 saturated heterocycles. The van der Waals surface area contributed by atoms with Crippen LogP contribution in [-0.4, -0.2) is 5.78 Å². The molecule has 1 atom stereocenters. The topological polar surface area (TPSA) is 17.1 Å². The molecule has 3 rings (SSSR count). The number of hydrogen-bond donors (Lipinski definition) is 0. The number of benzene rings is 2. The highest BCUT2D eigenvalue weighted by Crippen LogP contribution is 2.35. The second kappa shape index (κ2) is 5.57. The van der Waals surface area contributed by atoms with Gasteiger partial charge in [-0.05, 0) is 42.5 Å². The van der Waals surface area contributed by atoms with Gasteiger partial charge < -0.3 is 0 Å². The van der Waals surface area contributed by atoms with Gasteiger partial charge >= 0.3 is 0 Å². The van der Waals surface area contributed by atoms with Crippen molar-refractivity contribution in [3.05, 3.63) is 69.7 Å². The van der Waals surface area contributed by atoms with E-state index in [1.165, 1.54) is 0 Å². The number of hydrogen-bond acceptors (Lipinski definition) is 1. The van der Waals surface area contributed by atoms with Crippen molar-refractivity contribution in [3.8, 4) is 0 Å². The van der Waals surface area contributed by atoms with Crippen molar-refractivity contribution >= 4 is 17.4 Å². The van der Waals surface area contributed by atoms with Crippen molar-refractivity contribution in [2.24, 2.45) is 0 Å². The van der Waals surface area contributed by atoms with E-state index in [9.17, 15) is 13.6 Å². The predicted octanol–water partition coefficient (Wildman–Crippen LogP) is 4.92. The second-order valence-electron chi connectivity index (χ2n) is 5.25. The normalized spacial score (nSPS) is 17.4. The first kappa shape index (κ1) is 14.2. The minimum atomic E-state index is -0.773. The molecule has 0 amide bonds. The van der Waals surface area contributed by atoms with E-state index < -0.39 is 17.6 Å². The molecule has 0 radical (unpaired) electrons. The largest absolute Gasteiger partial charge is 0.293 e. The third kappa shape index (κ3) is 2.58. The first-order chi connectivity index (χ1) is 10.1. The van der Waals surface area contributed by atoms with Crippen LogP contribution in [0.4, 0.5) is 8.78 Å². The fraction of sp³-hybridized carbons (Fsp3) is 0.235. The fourth-order valence-electron chi connectivity index (χ4n) is 2.93. The van der Waals surface area contributed by atoms with Gasteiger partial charge in [0.25, 0.3) is 0 Å². The Morgan fingerprint density at radius 2 is 1.90 bits per heavy atom. The molecule has 21 heavy (non-hydrogen) atoms. The quantitative estimate of drug-likeness (QED) is 0.568. The Bertz CT molecular complexity index is 712. The molecule has 0 bridgehead atoms. The molecular weight excluding hydrogens is 294 g/mol. The lowest BCUT2D eigenvalue weighted by Gasteiger charge is -2.24. The number of rotatable bonds is 2. The molecule has 1 aliphatic rings. The van der Waals surface area contributed by atoms with Crippen molar-refractivity contribution < 1.29 is 13.6 Å². The Kier molecular flexibility index (Phi) is 3.77. The zero-order valence-electron chi connectivity index (χ0n) is 11.2. The van der Waals surface area contributed by atoms with E-state index in [1.807, 2.05) is 24.3 Å². The summed E-state index contributed by atoms with van der Waals surface area (Å²) in [6.07, 6.45) is 2.43. The Morgan fingerprint density at radius 3 is 2.71 bits per heavy atom. The summed E-state index contributed by atoms with van der Waals surface area (Å²) in [7, 11) is 0. The van der Waals surface area contributed by atoms with Crippen LogP contribution in [0.15, 0.2) is 36.4 Å². The highest BCUT2D eigenvalue weighted by Gasteiger charge is 2.29. The molecule has 2 aromatic carbocycles. The molecule has 108 valence electrons. The highest BCUT2D eigenvalue weighted by molar-refractivity contribution is 6.30. The average Bonchev–Trinajstić information content (AvgIpc) is 2.49. The Hall–Kier alpha value is -1.74. The van der Waals surface area contributed by atoms with Crippen LogP contribution in [0.2, 0.25) is 5.02 Å². The third-order valence-electron chi connectivity index (χ3n) is 3.96. The fourth-order valence-corrected chi connectivity index (χ4v) is 3.08. The molecule has 0 saturated carbocycles. The van der Waals surface area contributed by atoms with Crippen LogP contribution in [0.25, 0.3) is 0 Å². The number of aryl methyl sites for hydroxylation is 1. The van der Waals surface area contributed by atoms with E-state index >= 15 is 0 Å². The monoisotopic (exact) mass is 306 g/mol. The lowest BCUT2D eigenvalue weighted by Crippen LogP contribution is -2.20.